The lowest BCUT2D eigenvalue weighted by molar-refractivity contribution is -0.137. The van der Waals surface area contributed by atoms with Crippen LogP contribution in [0, 0.1) is 5.92 Å². The summed E-state index contributed by atoms with van der Waals surface area (Å²) in [6.45, 7) is 4.96. The first-order valence-electron chi connectivity index (χ1n) is 12.8. The van der Waals surface area contributed by atoms with Gasteiger partial charge in [-0.3, -0.25) is 19.4 Å². The Bertz CT molecular complexity index is 735. The molecule has 3 amide bonds. The van der Waals surface area contributed by atoms with E-state index >= 15 is 0 Å². The van der Waals surface area contributed by atoms with E-state index in [1.165, 1.54) is 4.90 Å². The summed E-state index contributed by atoms with van der Waals surface area (Å²) < 4.78 is 0. The molecule has 0 bridgehead atoms. The fourth-order valence-electron chi connectivity index (χ4n) is 4.23. The Morgan fingerprint density at radius 3 is 2.31 bits per heavy atom. The Labute approximate surface area is 213 Å². The van der Waals surface area contributed by atoms with Gasteiger partial charge in [0, 0.05) is 13.1 Å². The van der Waals surface area contributed by atoms with Crippen LogP contribution in [0.25, 0.3) is 0 Å². The van der Waals surface area contributed by atoms with Crippen molar-refractivity contribution in [1.29, 1.82) is 0 Å². The van der Waals surface area contributed by atoms with E-state index in [4.69, 9.17) is 22.9 Å². The Hall–Kier alpha value is -2.42. The van der Waals surface area contributed by atoms with Crippen molar-refractivity contribution < 1.29 is 24.4 Å². The van der Waals surface area contributed by atoms with Crippen LogP contribution >= 0.6 is 0 Å². The number of nitrogens with two attached hydrogens (primary N) is 4. The highest BCUT2D eigenvalue weighted by Gasteiger charge is 2.40. The molecule has 4 atom stereocenters. The summed E-state index contributed by atoms with van der Waals surface area (Å²) in [5.74, 6) is -2.10. The number of hydrogen-bond donors (Lipinski definition) is 8. The van der Waals surface area contributed by atoms with Crippen molar-refractivity contribution in [3.05, 3.63) is 0 Å². The van der Waals surface area contributed by atoms with E-state index in [0.717, 1.165) is 6.42 Å². The number of amides is 3. The lowest BCUT2D eigenvalue weighted by atomic mass is 9.77. The number of carbonyl (C=O) groups excluding carboxylic acids is 3. The Morgan fingerprint density at radius 1 is 1.06 bits per heavy atom. The van der Waals surface area contributed by atoms with Crippen LogP contribution in [0.1, 0.15) is 65.2 Å². The summed E-state index contributed by atoms with van der Waals surface area (Å²) in [7, 11) is -1.68. The van der Waals surface area contributed by atoms with Gasteiger partial charge in [0.2, 0.25) is 17.7 Å². The number of nitrogens with zero attached hydrogens (tertiary/aromatic N) is 2. The zero-order chi connectivity index (χ0) is 27.3. The fraction of sp³-hybridized carbons (Fsp3) is 0.818. The molecule has 0 aromatic carbocycles. The third-order valence-electron chi connectivity index (χ3n) is 6.13. The first-order chi connectivity index (χ1) is 17.0. The van der Waals surface area contributed by atoms with Gasteiger partial charge in [0.05, 0.1) is 12.0 Å². The Balaban J connectivity index is 2.98. The minimum absolute atomic E-state index is 0.0765. The number of hydrogen-bond acceptors (Lipinski definition) is 8. The van der Waals surface area contributed by atoms with Gasteiger partial charge in [0.15, 0.2) is 5.96 Å². The molecule has 14 heteroatoms. The zero-order valence-corrected chi connectivity index (χ0v) is 21.6. The van der Waals surface area contributed by atoms with Crippen LogP contribution < -0.4 is 33.6 Å². The van der Waals surface area contributed by atoms with Gasteiger partial charge in [-0.05, 0) is 57.4 Å². The molecular weight excluding hydrogens is 467 g/mol. The van der Waals surface area contributed by atoms with Gasteiger partial charge in [-0.25, -0.2) is 0 Å². The van der Waals surface area contributed by atoms with E-state index in [1.807, 2.05) is 13.8 Å². The zero-order valence-electron chi connectivity index (χ0n) is 21.6. The second-order valence-corrected chi connectivity index (χ2v) is 9.75. The van der Waals surface area contributed by atoms with Crippen LogP contribution in [0.5, 0.6) is 0 Å². The normalized spacial score (nSPS) is 17.9. The van der Waals surface area contributed by atoms with Crippen molar-refractivity contribution in [2.24, 2.45) is 33.8 Å². The van der Waals surface area contributed by atoms with Gasteiger partial charge in [-0.2, -0.15) is 0 Å². The largest absolute Gasteiger partial charge is 0.475 e. The molecule has 0 unspecified atom stereocenters. The summed E-state index contributed by atoms with van der Waals surface area (Å²) in [5, 5.41) is 24.9. The lowest BCUT2D eigenvalue weighted by Gasteiger charge is -2.30. The van der Waals surface area contributed by atoms with Crippen molar-refractivity contribution in [2.45, 2.75) is 89.3 Å². The van der Waals surface area contributed by atoms with Crippen LogP contribution in [0.2, 0.25) is 0 Å². The summed E-state index contributed by atoms with van der Waals surface area (Å²) in [5.41, 5.74) is 22.2. The molecule has 1 saturated heterocycles. The quantitative estimate of drug-likeness (QED) is 0.0472. The molecule has 1 rings (SSSR count). The van der Waals surface area contributed by atoms with Crippen LogP contribution in [-0.4, -0.2) is 89.4 Å². The highest BCUT2D eigenvalue weighted by Crippen LogP contribution is 2.20. The van der Waals surface area contributed by atoms with Gasteiger partial charge >= 0.3 is 7.12 Å². The SMILES string of the molecule is CC(C)C[C@H](NC(=O)[C@@H](N)CCCCN)C(=O)N[C@@H](CCCN=C(N)N)C(=O)N1CCC[C@H]1B(O)O. The van der Waals surface area contributed by atoms with E-state index in [9.17, 15) is 24.4 Å². The number of guanidine groups is 1. The van der Waals surface area contributed by atoms with Crippen molar-refractivity contribution in [1.82, 2.24) is 15.5 Å². The molecule has 1 aliphatic rings. The molecule has 0 aromatic heterocycles. The molecule has 0 saturated carbocycles. The number of aliphatic imine (C=N–C) groups is 1. The average Bonchev–Trinajstić information content (AvgIpc) is 3.30. The van der Waals surface area contributed by atoms with Crippen molar-refractivity contribution in [3.8, 4) is 0 Å². The van der Waals surface area contributed by atoms with E-state index in [0.29, 0.717) is 51.6 Å². The monoisotopic (exact) mass is 512 g/mol. The van der Waals surface area contributed by atoms with Crippen LogP contribution in [0.3, 0.4) is 0 Å². The molecule has 1 fully saturated rings. The summed E-state index contributed by atoms with van der Waals surface area (Å²) in [6, 6.07) is -2.60. The molecule has 13 nitrogen and oxygen atoms in total. The molecule has 206 valence electrons. The molecule has 36 heavy (non-hydrogen) atoms. The highest BCUT2D eigenvalue weighted by atomic mass is 16.4. The topological polar surface area (TPSA) is 235 Å². The number of nitrogens with one attached hydrogen (secondary N) is 2. The number of likely N-dealkylation sites (tertiary alicyclic amines) is 1. The molecule has 0 aromatic rings. The molecule has 0 radical (unpaired) electrons. The maximum atomic E-state index is 13.3. The molecular formula is C22H45BN8O5. The second-order valence-electron chi connectivity index (χ2n) is 9.75. The van der Waals surface area contributed by atoms with Gasteiger partial charge in [0.25, 0.3) is 0 Å². The summed E-state index contributed by atoms with van der Waals surface area (Å²) in [6.07, 6.45) is 3.96. The van der Waals surface area contributed by atoms with Crippen LogP contribution in [0.4, 0.5) is 0 Å². The maximum Gasteiger partial charge on any atom is 0.475 e. The third kappa shape index (κ3) is 11.1. The van der Waals surface area contributed by atoms with Crippen molar-refractivity contribution in [3.63, 3.8) is 0 Å². The van der Waals surface area contributed by atoms with Gasteiger partial charge in [0.1, 0.15) is 12.1 Å². The van der Waals surface area contributed by atoms with Crippen LogP contribution in [-0.2, 0) is 14.4 Å². The van der Waals surface area contributed by atoms with Gasteiger partial charge < -0.3 is 48.5 Å². The summed E-state index contributed by atoms with van der Waals surface area (Å²) >= 11 is 0. The maximum absolute atomic E-state index is 13.3. The predicted octanol–water partition coefficient (Wildman–Crippen LogP) is -2.48. The average molecular weight is 512 g/mol. The van der Waals surface area contributed by atoms with Crippen molar-refractivity contribution in [2.75, 3.05) is 19.6 Å². The molecule has 12 N–H and O–H groups in total. The summed E-state index contributed by atoms with van der Waals surface area (Å²) in [4.78, 5) is 44.5. The van der Waals surface area contributed by atoms with E-state index in [2.05, 4.69) is 15.6 Å². The third-order valence-corrected chi connectivity index (χ3v) is 6.13. The molecule has 1 aliphatic heterocycles. The predicted molar refractivity (Wildman–Crippen MR) is 139 cm³/mol. The van der Waals surface area contributed by atoms with E-state index in [1.54, 1.807) is 0 Å². The van der Waals surface area contributed by atoms with E-state index < -0.39 is 48.9 Å². The smallest absolute Gasteiger partial charge is 0.426 e. The number of carbonyl (C=O) groups is 3. The number of unbranched alkanes of at least 4 members (excludes halogenated alkanes) is 1. The first-order valence-corrected chi connectivity index (χ1v) is 12.8. The second kappa shape index (κ2) is 16.4. The van der Waals surface area contributed by atoms with Gasteiger partial charge in [-0.1, -0.05) is 20.3 Å². The van der Waals surface area contributed by atoms with Gasteiger partial charge in [-0.15, -0.1) is 0 Å². The van der Waals surface area contributed by atoms with E-state index in [-0.39, 0.29) is 24.8 Å². The molecule has 0 spiro atoms. The standard InChI is InChI=1S/C22H45BN8O5/c1-14(2)13-17(30-19(32)15(25)7-3-4-10-24)20(33)29-16(8-5-11-28-22(26)27)21(34)31-12-6-9-18(31)23(35)36/h14-18,35-36H,3-13,24-25H2,1-2H3,(H,29,33)(H,30,32)(H4,26,27,28)/t15-,16-,17-,18-/m0/s1. The minimum Gasteiger partial charge on any atom is -0.426 e. The number of rotatable bonds is 16. The first kappa shape index (κ1) is 31.6. The fourth-order valence-corrected chi connectivity index (χ4v) is 4.23. The van der Waals surface area contributed by atoms with Crippen LogP contribution in [0.15, 0.2) is 4.99 Å². The van der Waals surface area contributed by atoms with Crippen molar-refractivity contribution >= 4 is 30.8 Å². The lowest BCUT2D eigenvalue weighted by Crippen LogP contribution is -2.58. The highest BCUT2D eigenvalue weighted by molar-refractivity contribution is 6.43. The Kier molecular flexibility index (Phi) is 14.4. The Morgan fingerprint density at radius 2 is 1.72 bits per heavy atom. The molecule has 0 aliphatic carbocycles. The molecule has 1 heterocycles. The minimum atomic E-state index is -1.68.